The summed E-state index contributed by atoms with van der Waals surface area (Å²) in [4.78, 5) is 23.9. The Balaban J connectivity index is 1.95. The van der Waals surface area contributed by atoms with Crippen molar-refractivity contribution >= 4 is 52.2 Å². The minimum absolute atomic E-state index is 0.0447. The zero-order valence-electron chi connectivity index (χ0n) is 11.4. The van der Waals surface area contributed by atoms with Crippen LogP contribution < -0.4 is 5.32 Å². The molecule has 2 rings (SSSR count). The molecule has 0 saturated heterocycles. The third-order valence-corrected chi connectivity index (χ3v) is 3.76. The summed E-state index contributed by atoms with van der Waals surface area (Å²) in [6.07, 6.45) is 0.154. The van der Waals surface area contributed by atoms with Crippen LogP contribution in [0.25, 0.3) is 0 Å². The van der Waals surface area contributed by atoms with E-state index in [0.29, 0.717) is 16.3 Å². The molecule has 22 heavy (non-hydrogen) atoms. The Kier molecular flexibility index (Phi) is 5.83. The lowest BCUT2D eigenvalue weighted by molar-refractivity contribution is -0.116. The second-order valence-electron chi connectivity index (χ2n) is 4.58. The van der Waals surface area contributed by atoms with E-state index in [1.165, 1.54) is 12.1 Å². The van der Waals surface area contributed by atoms with Crippen LogP contribution >= 0.6 is 34.8 Å². The molecule has 0 bridgehead atoms. The highest BCUT2D eigenvalue weighted by atomic mass is 35.5. The molecule has 114 valence electrons. The predicted octanol–water partition coefficient (Wildman–Crippen LogP) is 5.25. The maximum atomic E-state index is 11.9. The summed E-state index contributed by atoms with van der Waals surface area (Å²) in [5.41, 5.74) is 0.878. The molecule has 0 aromatic heterocycles. The molecule has 0 fully saturated rings. The van der Waals surface area contributed by atoms with Crippen molar-refractivity contribution in [3.8, 4) is 0 Å². The summed E-state index contributed by atoms with van der Waals surface area (Å²) in [7, 11) is 0. The second kappa shape index (κ2) is 7.63. The fraction of sp³-hybridized carbons (Fsp3) is 0.125. The van der Waals surface area contributed by atoms with E-state index >= 15 is 0 Å². The summed E-state index contributed by atoms with van der Waals surface area (Å²) < 4.78 is 0. The fourth-order valence-corrected chi connectivity index (χ4v) is 2.77. The number of carbonyl (C=O) groups is 2. The van der Waals surface area contributed by atoms with E-state index in [0.717, 1.165) is 0 Å². The molecule has 0 heterocycles. The number of halogens is 3. The molecule has 0 atom stereocenters. The summed E-state index contributed by atoms with van der Waals surface area (Å²) >= 11 is 17.8. The normalized spacial score (nSPS) is 10.3. The van der Waals surface area contributed by atoms with Crippen LogP contribution in [0.15, 0.2) is 42.5 Å². The maximum Gasteiger partial charge on any atom is 0.224 e. The number of hydrogen-bond donors (Lipinski definition) is 1. The topological polar surface area (TPSA) is 46.2 Å². The van der Waals surface area contributed by atoms with E-state index in [2.05, 4.69) is 5.32 Å². The van der Waals surface area contributed by atoms with Crippen LogP contribution in [0.2, 0.25) is 15.1 Å². The van der Waals surface area contributed by atoms with Crippen LogP contribution in [-0.4, -0.2) is 11.7 Å². The highest BCUT2D eigenvalue weighted by Gasteiger charge is 2.13. The average molecular weight is 357 g/mol. The first-order valence-corrected chi connectivity index (χ1v) is 7.63. The molecular weight excluding hydrogens is 345 g/mol. The monoisotopic (exact) mass is 355 g/mol. The summed E-state index contributed by atoms with van der Waals surface area (Å²) in [6.45, 7) is 0. The molecule has 0 radical (unpaired) electrons. The van der Waals surface area contributed by atoms with E-state index in [1.54, 1.807) is 24.3 Å². The smallest absolute Gasteiger partial charge is 0.224 e. The Morgan fingerprint density at radius 1 is 0.909 bits per heavy atom. The van der Waals surface area contributed by atoms with Crippen molar-refractivity contribution in [1.29, 1.82) is 0 Å². The van der Waals surface area contributed by atoms with Gasteiger partial charge in [-0.15, -0.1) is 0 Å². The number of hydrogen-bond acceptors (Lipinski definition) is 2. The number of carbonyl (C=O) groups excluding carboxylic acids is 2. The zero-order valence-corrected chi connectivity index (χ0v) is 13.7. The van der Waals surface area contributed by atoms with E-state index in [1.807, 2.05) is 6.07 Å². The summed E-state index contributed by atoms with van der Waals surface area (Å²) in [5.74, 6) is -0.431. The van der Waals surface area contributed by atoms with Gasteiger partial charge in [-0.05, 0) is 12.1 Å². The van der Waals surface area contributed by atoms with Gasteiger partial charge in [0.15, 0.2) is 5.78 Å². The molecule has 2 aromatic rings. The van der Waals surface area contributed by atoms with Crippen LogP contribution in [-0.2, 0) is 4.79 Å². The minimum atomic E-state index is -0.338. The lowest BCUT2D eigenvalue weighted by atomic mass is 10.1. The molecule has 0 aliphatic carbocycles. The van der Waals surface area contributed by atoms with Gasteiger partial charge in [0.05, 0.1) is 15.7 Å². The molecule has 0 spiro atoms. The molecule has 0 saturated carbocycles. The first kappa shape index (κ1) is 16.8. The third kappa shape index (κ3) is 4.47. The number of rotatable bonds is 5. The van der Waals surface area contributed by atoms with Crippen molar-refractivity contribution < 1.29 is 9.59 Å². The fourth-order valence-electron chi connectivity index (χ4n) is 1.86. The van der Waals surface area contributed by atoms with Gasteiger partial charge in [0, 0.05) is 23.4 Å². The average Bonchev–Trinajstić information content (AvgIpc) is 2.49. The molecular formula is C16H12Cl3NO2. The van der Waals surface area contributed by atoms with Gasteiger partial charge >= 0.3 is 0 Å². The molecule has 0 aliphatic heterocycles. The van der Waals surface area contributed by atoms with Gasteiger partial charge in [-0.3, -0.25) is 9.59 Å². The van der Waals surface area contributed by atoms with E-state index in [-0.39, 0.29) is 34.6 Å². The first-order valence-electron chi connectivity index (χ1n) is 6.50. The molecule has 3 nitrogen and oxygen atoms in total. The molecule has 2 aromatic carbocycles. The van der Waals surface area contributed by atoms with Gasteiger partial charge in [-0.25, -0.2) is 0 Å². The number of ketones is 1. The lowest BCUT2D eigenvalue weighted by Gasteiger charge is -2.09. The first-order chi connectivity index (χ1) is 10.5. The van der Waals surface area contributed by atoms with Gasteiger partial charge in [-0.2, -0.15) is 0 Å². The largest absolute Gasteiger partial charge is 0.324 e. The molecule has 1 N–H and O–H groups in total. The lowest BCUT2D eigenvalue weighted by Crippen LogP contribution is -2.14. The van der Waals surface area contributed by atoms with Crippen molar-refractivity contribution in [3.63, 3.8) is 0 Å². The molecule has 6 heteroatoms. The van der Waals surface area contributed by atoms with E-state index < -0.39 is 0 Å². The predicted molar refractivity (Wildman–Crippen MR) is 90.1 cm³/mol. The molecule has 1 amide bonds. The van der Waals surface area contributed by atoms with Gasteiger partial charge < -0.3 is 5.32 Å². The van der Waals surface area contributed by atoms with Crippen LogP contribution in [0, 0.1) is 0 Å². The molecule has 0 unspecified atom stereocenters. The van der Waals surface area contributed by atoms with Gasteiger partial charge in [0.2, 0.25) is 5.91 Å². The van der Waals surface area contributed by atoms with Crippen molar-refractivity contribution in [2.24, 2.45) is 0 Å². The number of amides is 1. The highest BCUT2D eigenvalue weighted by molar-refractivity contribution is 6.42. The number of benzene rings is 2. The summed E-state index contributed by atoms with van der Waals surface area (Å²) in [6, 6.07) is 11.8. The quantitative estimate of drug-likeness (QED) is 0.744. The van der Waals surface area contributed by atoms with Crippen molar-refractivity contribution in [1.82, 2.24) is 0 Å². The van der Waals surface area contributed by atoms with E-state index in [9.17, 15) is 9.59 Å². The Labute approximate surface area is 143 Å². The SMILES string of the molecule is O=C(CCC(=O)c1ccccc1)Nc1c(Cl)cc(Cl)cc1Cl. The maximum absolute atomic E-state index is 11.9. The standard InChI is InChI=1S/C16H12Cl3NO2/c17-11-8-12(18)16(13(19)9-11)20-15(22)7-6-14(21)10-4-2-1-3-5-10/h1-5,8-9H,6-7H2,(H,20,22). The Bertz CT molecular complexity index is 679. The minimum Gasteiger partial charge on any atom is -0.324 e. The summed E-state index contributed by atoms with van der Waals surface area (Å²) in [5, 5.41) is 3.48. The Hall–Kier alpha value is -1.55. The van der Waals surface area contributed by atoms with Crippen molar-refractivity contribution in [2.75, 3.05) is 5.32 Å². The Morgan fingerprint density at radius 3 is 2.09 bits per heavy atom. The zero-order chi connectivity index (χ0) is 16.1. The van der Waals surface area contributed by atoms with Gasteiger partial charge in [0.1, 0.15) is 0 Å². The van der Waals surface area contributed by atoms with Crippen LogP contribution in [0.1, 0.15) is 23.2 Å². The number of nitrogens with one attached hydrogen (secondary N) is 1. The van der Waals surface area contributed by atoms with Gasteiger partial charge in [0.25, 0.3) is 0 Å². The molecule has 0 aliphatic rings. The Morgan fingerprint density at radius 2 is 1.50 bits per heavy atom. The van der Waals surface area contributed by atoms with Crippen LogP contribution in [0.3, 0.4) is 0 Å². The number of Topliss-reactive ketones (excluding diaryl/α,β-unsaturated/α-hetero) is 1. The van der Waals surface area contributed by atoms with Crippen molar-refractivity contribution in [2.45, 2.75) is 12.8 Å². The van der Waals surface area contributed by atoms with Gasteiger partial charge in [-0.1, -0.05) is 65.1 Å². The van der Waals surface area contributed by atoms with E-state index in [4.69, 9.17) is 34.8 Å². The van der Waals surface area contributed by atoms with Crippen LogP contribution in [0.5, 0.6) is 0 Å². The van der Waals surface area contributed by atoms with Crippen molar-refractivity contribution in [3.05, 3.63) is 63.1 Å². The van der Waals surface area contributed by atoms with Crippen LogP contribution in [0.4, 0.5) is 5.69 Å². The second-order valence-corrected chi connectivity index (χ2v) is 5.83. The third-order valence-electron chi connectivity index (χ3n) is 2.95. The number of anilines is 1. The highest BCUT2D eigenvalue weighted by Crippen LogP contribution is 2.33.